The summed E-state index contributed by atoms with van der Waals surface area (Å²) in [6, 6.07) is 26.5. The maximum Gasteiger partial charge on any atom is 0.326 e. The molecule has 1 atom stereocenters. The minimum absolute atomic E-state index is 0.00199. The van der Waals surface area contributed by atoms with E-state index in [0.717, 1.165) is 9.87 Å². The molecule has 0 aliphatic rings. The second kappa shape index (κ2) is 20.1. The summed E-state index contributed by atoms with van der Waals surface area (Å²) in [5, 5.41) is 23.3. The highest BCUT2D eigenvalue weighted by Crippen LogP contribution is 2.35. The Labute approximate surface area is 398 Å². The molecule has 0 radical (unpaired) electrons. The lowest BCUT2D eigenvalue weighted by atomic mass is 10.0. The molecule has 0 bridgehead atoms. The van der Waals surface area contributed by atoms with Gasteiger partial charge in [0.05, 0.1) is 42.1 Å². The van der Waals surface area contributed by atoms with Gasteiger partial charge in [-0.05, 0) is 141 Å². The Kier molecular flexibility index (Phi) is 15.4. The second-order valence-corrected chi connectivity index (χ2v) is 21.1. The van der Waals surface area contributed by atoms with Gasteiger partial charge in [-0.3, -0.25) is 9.59 Å². The number of carboxylic acid groups (broad SMARTS) is 1. The molecule has 0 saturated carbocycles. The quantitative estimate of drug-likeness (QED) is 0.0358. The third kappa shape index (κ3) is 11.3. The van der Waals surface area contributed by atoms with E-state index in [2.05, 4.69) is 50.5 Å². The van der Waals surface area contributed by atoms with Crippen LogP contribution in [0.5, 0.6) is 17.2 Å². The molecule has 6 aromatic rings. The molecule has 19 heteroatoms. The second-order valence-electron chi connectivity index (χ2n) is 14.2. The molecule has 6 rings (SSSR count). The molecule has 0 saturated heterocycles. The van der Waals surface area contributed by atoms with Gasteiger partial charge in [-0.15, -0.1) is 0 Å². The van der Waals surface area contributed by atoms with Crippen LogP contribution in [0.4, 0.5) is 0 Å². The molecule has 0 aliphatic heterocycles. The summed E-state index contributed by atoms with van der Waals surface area (Å²) in [5.41, 5.74) is 2.47. The minimum atomic E-state index is -4.53. The smallest absolute Gasteiger partial charge is 0.326 e. The van der Waals surface area contributed by atoms with Gasteiger partial charge in [0.2, 0.25) is 16.9 Å². The number of ether oxygens (including phenoxy) is 1. The van der Waals surface area contributed by atoms with E-state index in [4.69, 9.17) is 4.74 Å². The SMILES string of the molecule is Cc1ccc(S(=O)(=O)N(CCCC(=O)NC(Cc2cc(I)c(Oc3ccc(O)c(I)c3)c(I)c2)C(=O)O)C(=O)c2c3ccccc3[n+](CCCS(=O)(=O)[O-])c3ccccc23)cc1. The first-order valence-corrected chi connectivity index (χ1v) is 25.2. The molecule has 3 N–H and O–H groups in total. The van der Waals surface area contributed by atoms with Crippen LogP contribution in [-0.2, 0) is 42.7 Å². The number of carbonyl (C=O) groups excluding carboxylic acids is 2. The molecule has 1 unspecified atom stereocenters. The van der Waals surface area contributed by atoms with Gasteiger partial charge in [-0.25, -0.2) is 25.9 Å². The van der Waals surface area contributed by atoms with Crippen molar-refractivity contribution >= 4 is 128 Å². The monoisotopic (exact) mass is 1220 g/mol. The maximum absolute atomic E-state index is 14.9. The van der Waals surface area contributed by atoms with Crippen molar-refractivity contribution < 1.29 is 55.3 Å². The number of phenolic OH excluding ortho intramolecular Hbond substituents is 1. The molecule has 1 aromatic heterocycles. The van der Waals surface area contributed by atoms with E-state index in [1.54, 1.807) is 96.4 Å². The normalized spacial score (nSPS) is 12.3. The highest BCUT2D eigenvalue weighted by molar-refractivity contribution is 14.1. The molecule has 0 fully saturated rings. The molecule has 62 heavy (non-hydrogen) atoms. The summed E-state index contributed by atoms with van der Waals surface area (Å²) in [7, 11) is -9.02. The van der Waals surface area contributed by atoms with E-state index >= 15 is 0 Å². The molecule has 2 amide bonds. The molecule has 5 aromatic carbocycles. The number of phenols is 1. The fourth-order valence-corrected chi connectivity index (χ4v) is 11.4. The Hall–Kier alpha value is -4.17. The van der Waals surface area contributed by atoms with Crippen LogP contribution in [0, 0.1) is 17.6 Å². The van der Waals surface area contributed by atoms with Crippen molar-refractivity contribution in [1.29, 1.82) is 0 Å². The number of fused-ring (bicyclic) bond motifs is 2. The van der Waals surface area contributed by atoms with Gasteiger partial charge in [-0.1, -0.05) is 42.0 Å². The number of aliphatic carboxylic acids is 1. The Morgan fingerprint density at radius 2 is 1.42 bits per heavy atom. The number of carboxylic acids is 1. The number of rotatable bonds is 17. The van der Waals surface area contributed by atoms with Crippen molar-refractivity contribution in [2.45, 2.75) is 50.1 Å². The average molecular weight is 1220 g/mol. The Balaban J connectivity index is 1.25. The lowest BCUT2D eigenvalue weighted by Gasteiger charge is -2.24. The number of aromatic hydroxyl groups is 1. The largest absolute Gasteiger partial charge is 0.748 e. The highest BCUT2D eigenvalue weighted by Gasteiger charge is 2.34. The Morgan fingerprint density at radius 1 is 0.823 bits per heavy atom. The number of benzene rings is 5. The van der Waals surface area contributed by atoms with Gasteiger partial charge >= 0.3 is 5.97 Å². The molecular formula is C43H38I3N3O11S2. The first-order valence-electron chi connectivity index (χ1n) is 18.9. The standard InChI is InChI=1S/C43H38I3N3O11S2/c1-26-13-16-29(17-14-26)62(58,59)49(42(52)40-30-8-2-4-10-36(30)48(19-7-21-61(55,56)57)37-11-5-3-9-31(37)40)20-6-12-39(51)47-35(43(53)54)24-27-22-33(45)41(34(46)23-27)60-28-15-18-38(50)32(44)25-28/h2-5,8-11,13-18,22-23,25,35H,6-7,12,19-21,24H2,1H3,(H3-,47,50,51,53,54,55,56,57). The molecular weight excluding hydrogens is 1180 g/mol. The zero-order valence-electron chi connectivity index (χ0n) is 32.8. The van der Waals surface area contributed by atoms with Gasteiger partial charge in [0.1, 0.15) is 17.5 Å². The summed E-state index contributed by atoms with van der Waals surface area (Å²) in [6.07, 6.45) is -0.543. The zero-order valence-corrected chi connectivity index (χ0v) is 40.9. The average Bonchev–Trinajstić information content (AvgIpc) is 3.21. The predicted octanol–water partition coefficient (Wildman–Crippen LogP) is 7.26. The number of halogens is 3. The number of carbonyl (C=O) groups is 3. The van der Waals surface area contributed by atoms with Gasteiger partial charge in [0.25, 0.3) is 15.9 Å². The summed E-state index contributed by atoms with van der Waals surface area (Å²) < 4.78 is 73.7. The third-order valence-corrected chi connectivity index (χ3v) is 14.8. The summed E-state index contributed by atoms with van der Waals surface area (Å²) in [4.78, 5) is 40.5. The Bertz CT molecular complexity index is 2850. The molecule has 0 spiro atoms. The number of pyridine rings is 1. The lowest BCUT2D eigenvalue weighted by Crippen LogP contribution is -2.43. The number of nitrogens with zero attached hydrogens (tertiary/aromatic N) is 2. The Morgan fingerprint density at radius 3 is 1.98 bits per heavy atom. The van der Waals surface area contributed by atoms with Crippen molar-refractivity contribution in [3.63, 3.8) is 0 Å². The lowest BCUT2D eigenvalue weighted by molar-refractivity contribution is -0.645. The summed E-state index contributed by atoms with van der Waals surface area (Å²) >= 11 is 6.15. The number of hydrogen-bond acceptors (Lipinski definition) is 10. The fraction of sp³-hybridized carbons (Fsp3) is 0.209. The fourth-order valence-electron chi connectivity index (χ4n) is 6.86. The van der Waals surface area contributed by atoms with Crippen molar-refractivity contribution in [2.75, 3.05) is 12.3 Å². The van der Waals surface area contributed by atoms with E-state index in [9.17, 15) is 46.0 Å². The van der Waals surface area contributed by atoms with Crippen LogP contribution in [0.3, 0.4) is 0 Å². The van der Waals surface area contributed by atoms with Gasteiger partial charge in [0.15, 0.2) is 12.3 Å². The predicted molar refractivity (Wildman–Crippen MR) is 256 cm³/mol. The first kappa shape index (κ1) is 47.3. The van der Waals surface area contributed by atoms with Crippen LogP contribution in [0.2, 0.25) is 0 Å². The van der Waals surface area contributed by atoms with Gasteiger partial charge in [-0.2, -0.15) is 4.57 Å². The van der Waals surface area contributed by atoms with Crippen LogP contribution in [-0.4, -0.2) is 72.0 Å². The van der Waals surface area contributed by atoms with Crippen LogP contribution in [0.1, 0.15) is 40.7 Å². The number of aromatic nitrogens is 1. The molecule has 324 valence electrons. The number of hydrogen-bond donors (Lipinski definition) is 3. The van der Waals surface area contributed by atoms with E-state index < -0.39 is 56.3 Å². The maximum atomic E-state index is 14.9. The van der Waals surface area contributed by atoms with Crippen molar-refractivity contribution in [2.24, 2.45) is 0 Å². The highest BCUT2D eigenvalue weighted by atomic mass is 127. The first-order chi connectivity index (χ1) is 29.3. The number of sulfonamides is 1. The van der Waals surface area contributed by atoms with E-state index in [1.807, 2.05) is 22.6 Å². The van der Waals surface area contributed by atoms with Crippen LogP contribution >= 0.6 is 67.8 Å². The molecule has 1 heterocycles. The van der Waals surface area contributed by atoms with E-state index in [-0.39, 0.29) is 48.4 Å². The summed E-state index contributed by atoms with van der Waals surface area (Å²) in [6.45, 7) is 1.47. The van der Waals surface area contributed by atoms with Crippen LogP contribution in [0.25, 0.3) is 21.8 Å². The van der Waals surface area contributed by atoms with Crippen LogP contribution < -0.4 is 14.6 Å². The van der Waals surface area contributed by atoms with Gasteiger partial charge in [0, 0.05) is 43.7 Å². The topological polar surface area (TPSA) is 211 Å². The van der Waals surface area contributed by atoms with Crippen molar-refractivity contribution in [3.05, 3.63) is 131 Å². The van der Waals surface area contributed by atoms with Crippen molar-refractivity contribution in [3.8, 4) is 17.2 Å². The van der Waals surface area contributed by atoms with E-state index in [0.29, 0.717) is 49.6 Å². The van der Waals surface area contributed by atoms with E-state index in [1.165, 1.54) is 18.2 Å². The number of amides is 2. The minimum Gasteiger partial charge on any atom is -0.748 e. The van der Waals surface area contributed by atoms with Crippen LogP contribution in [0.15, 0.2) is 108 Å². The number of para-hydroxylation sites is 2. The molecule has 0 aliphatic carbocycles. The van der Waals surface area contributed by atoms with Gasteiger partial charge < -0.3 is 24.8 Å². The summed E-state index contributed by atoms with van der Waals surface area (Å²) in [5.74, 6) is -2.26. The number of nitrogens with one attached hydrogen (secondary N) is 1. The third-order valence-electron chi connectivity index (χ3n) is 9.79. The van der Waals surface area contributed by atoms with Crippen molar-refractivity contribution in [1.82, 2.24) is 9.62 Å². The zero-order chi connectivity index (χ0) is 44.9. The number of aryl methyl sites for hydroxylation is 2. The molecule has 14 nitrogen and oxygen atoms in total.